The second kappa shape index (κ2) is 12.0. The van der Waals surface area contributed by atoms with E-state index in [-0.39, 0.29) is 18.1 Å². The summed E-state index contributed by atoms with van der Waals surface area (Å²) < 4.78 is 7.04. The van der Waals surface area contributed by atoms with E-state index in [0.29, 0.717) is 30.8 Å². The average Bonchev–Trinajstić information content (AvgIpc) is 3.50. The molecule has 0 spiro atoms. The molecule has 0 bridgehead atoms. The standard InChI is InChI=1S/C33H34N8O3/c1-2-44-33(43)40-18-15-35-20-29(40)32(42)31-26(22-7-9-23(10-8-22)39-16-13-34-14-17-39)19-30-37-21-28(41(30)38-31)25-11-12-36-27-6-4-3-5-24(25)27/h3-12,19,21,29,34-35H,2,13-18,20H2,1H3. The molecule has 2 aliphatic heterocycles. The molecular weight excluding hydrogens is 556 g/mol. The zero-order chi connectivity index (χ0) is 30.0. The molecule has 0 saturated carbocycles. The first kappa shape index (κ1) is 27.9. The van der Waals surface area contributed by atoms with Crippen molar-refractivity contribution in [1.29, 1.82) is 0 Å². The smallest absolute Gasteiger partial charge is 0.410 e. The molecule has 5 aromatic rings. The van der Waals surface area contributed by atoms with E-state index in [2.05, 4.69) is 32.7 Å². The summed E-state index contributed by atoms with van der Waals surface area (Å²) in [6.07, 6.45) is 3.05. The van der Waals surface area contributed by atoms with Crippen LogP contribution in [0.2, 0.25) is 0 Å². The molecular formula is C33H34N8O3. The fourth-order valence-corrected chi connectivity index (χ4v) is 6.12. The monoisotopic (exact) mass is 590 g/mol. The minimum atomic E-state index is -0.764. The summed E-state index contributed by atoms with van der Waals surface area (Å²) in [4.78, 5) is 40.4. The summed E-state index contributed by atoms with van der Waals surface area (Å²) in [5, 5.41) is 12.6. The number of nitrogens with one attached hydrogen (secondary N) is 2. The van der Waals surface area contributed by atoms with Crippen molar-refractivity contribution in [1.82, 2.24) is 35.1 Å². The number of nitrogens with zero attached hydrogens (tertiary/aromatic N) is 6. The third-order valence-electron chi connectivity index (χ3n) is 8.36. The number of Topliss-reactive ketones (excluding diaryl/α,β-unsaturated/α-hetero) is 1. The van der Waals surface area contributed by atoms with Crippen LogP contribution in [0.5, 0.6) is 0 Å². The first-order valence-electron chi connectivity index (χ1n) is 15.1. The Kier molecular flexibility index (Phi) is 7.63. The van der Waals surface area contributed by atoms with Crippen LogP contribution in [-0.2, 0) is 4.74 Å². The first-order chi connectivity index (χ1) is 21.6. The number of imidazole rings is 1. The number of hydrogen-bond donors (Lipinski definition) is 2. The fraction of sp³-hybridized carbons (Fsp3) is 0.303. The summed E-state index contributed by atoms with van der Waals surface area (Å²) in [6.45, 7) is 7.02. The van der Waals surface area contributed by atoms with Crippen LogP contribution in [0.15, 0.2) is 73.1 Å². The number of carbonyl (C=O) groups is 2. The molecule has 7 rings (SSSR count). The number of amides is 1. The predicted molar refractivity (Wildman–Crippen MR) is 169 cm³/mol. The van der Waals surface area contributed by atoms with E-state index in [4.69, 9.17) is 14.8 Å². The van der Waals surface area contributed by atoms with Crippen LogP contribution in [-0.4, -0.2) is 94.8 Å². The van der Waals surface area contributed by atoms with Gasteiger partial charge in [0.1, 0.15) is 11.7 Å². The zero-order valence-corrected chi connectivity index (χ0v) is 24.6. The van der Waals surface area contributed by atoms with Crippen molar-refractivity contribution in [2.45, 2.75) is 13.0 Å². The fourth-order valence-electron chi connectivity index (χ4n) is 6.12. The Bertz CT molecular complexity index is 1830. The molecule has 2 N–H and O–H groups in total. The molecule has 3 aromatic heterocycles. The van der Waals surface area contributed by atoms with Crippen LogP contribution >= 0.6 is 0 Å². The van der Waals surface area contributed by atoms with Gasteiger partial charge in [-0.05, 0) is 42.8 Å². The topological polar surface area (TPSA) is 117 Å². The number of para-hydroxylation sites is 1. The number of fused-ring (bicyclic) bond motifs is 2. The number of benzene rings is 2. The molecule has 11 heteroatoms. The van der Waals surface area contributed by atoms with Crippen molar-refractivity contribution < 1.29 is 14.3 Å². The van der Waals surface area contributed by atoms with Gasteiger partial charge in [-0.2, -0.15) is 5.10 Å². The SMILES string of the molecule is CCOC(=O)N1CCNCC1C(=O)c1nn2c(-c3ccnc4ccccc34)cnc2cc1-c1ccc(N2CCNCC2)cc1. The number of rotatable bonds is 6. The minimum Gasteiger partial charge on any atom is -0.450 e. The van der Waals surface area contributed by atoms with Crippen molar-refractivity contribution in [3.8, 4) is 22.4 Å². The lowest BCUT2D eigenvalue weighted by atomic mass is 9.97. The number of piperazine rings is 2. The highest BCUT2D eigenvalue weighted by molar-refractivity contribution is 6.05. The summed E-state index contributed by atoms with van der Waals surface area (Å²) in [5.74, 6) is -0.257. The van der Waals surface area contributed by atoms with E-state index in [1.54, 1.807) is 23.8 Å². The van der Waals surface area contributed by atoms with Crippen molar-refractivity contribution >= 4 is 34.1 Å². The Morgan fingerprint density at radius 3 is 2.55 bits per heavy atom. The molecule has 2 saturated heterocycles. The Morgan fingerprint density at radius 1 is 0.932 bits per heavy atom. The highest BCUT2D eigenvalue weighted by atomic mass is 16.6. The summed E-state index contributed by atoms with van der Waals surface area (Å²) >= 11 is 0. The second-order valence-corrected chi connectivity index (χ2v) is 11.0. The Morgan fingerprint density at radius 2 is 1.73 bits per heavy atom. The van der Waals surface area contributed by atoms with Gasteiger partial charge in [-0.1, -0.05) is 30.3 Å². The quantitative estimate of drug-likeness (QED) is 0.286. The van der Waals surface area contributed by atoms with Gasteiger partial charge < -0.3 is 20.3 Å². The summed E-state index contributed by atoms with van der Waals surface area (Å²) in [5.41, 5.74) is 6.06. The lowest BCUT2D eigenvalue weighted by molar-refractivity contribution is 0.0636. The van der Waals surface area contributed by atoms with Gasteiger partial charge >= 0.3 is 6.09 Å². The first-order valence-corrected chi connectivity index (χ1v) is 15.1. The van der Waals surface area contributed by atoms with Gasteiger partial charge in [0.05, 0.1) is 24.0 Å². The molecule has 2 aromatic carbocycles. The largest absolute Gasteiger partial charge is 0.450 e. The third kappa shape index (κ3) is 5.14. The molecule has 0 radical (unpaired) electrons. The number of pyridine rings is 1. The molecule has 5 heterocycles. The molecule has 1 amide bonds. The van der Waals surface area contributed by atoms with Gasteiger partial charge in [0, 0.05) is 74.2 Å². The van der Waals surface area contributed by atoms with Gasteiger partial charge in [0.25, 0.3) is 0 Å². The van der Waals surface area contributed by atoms with Crippen LogP contribution in [0.4, 0.5) is 10.5 Å². The number of hydrogen-bond acceptors (Lipinski definition) is 9. The Hall–Kier alpha value is -4.87. The number of ketones is 1. The van der Waals surface area contributed by atoms with Crippen molar-refractivity contribution in [3.63, 3.8) is 0 Å². The number of carbonyl (C=O) groups excluding carboxylic acids is 2. The van der Waals surface area contributed by atoms with Gasteiger partial charge in [-0.3, -0.25) is 14.7 Å². The number of anilines is 1. The normalized spacial score (nSPS) is 17.2. The lowest BCUT2D eigenvalue weighted by Gasteiger charge is -2.34. The van der Waals surface area contributed by atoms with Gasteiger partial charge in [0.15, 0.2) is 5.65 Å². The van der Waals surface area contributed by atoms with E-state index in [0.717, 1.165) is 59.6 Å². The Labute approximate surface area is 254 Å². The highest BCUT2D eigenvalue weighted by Gasteiger charge is 2.36. The highest BCUT2D eigenvalue weighted by Crippen LogP contribution is 2.32. The molecule has 2 aliphatic rings. The summed E-state index contributed by atoms with van der Waals surface area (Å²) in [6, 6.07) is 19.2. The molecule has 11 nitrogen and oxygen atoms in total. The molecule has 44 heavy (non-hydrogen) atoms. The molecule has 2 fully saturated rings. The summed E-state index contributed by atoms with van der Waals surface area (Å²) in [7, 11) is 0. The Balaban J connectivity index is 1.36. The van der Waals surface area contributed by atoms with Gasteiger partial charge in [-0.25, -0.2) is 14.3 Å². The van der Waals surface area contributed by atoms with Gasteiger partial charge in [-0.15, -0.1) is 0 Å². The van der Waals surface area contributed by atoms with E-state index in [1.807, 2.05) is 48.5 Å². The maximum atomic E-state index is 14.4. The molecule has 1 atom stereocenters. The lowest BCUT2D eigenvalue weighted by Crippen LogP contribution is -2.57. The van der Waals surface area contributed by atoms with Crippen LogP contribution in [0.3, 0.4) is 0 Å². The number of ether oxygens (including phenoxy) is 1. The van der Waals surface area contributed by atoms with Crippen molar-refractivity contribution in [3.05, 3.63) is 78.8 Å². The predicted octanol–water partition coefficient (Wildman–Crippen LogP) is 3.63. The zero-order valence-electron chi connectivity index (χ0n) is 24.6. The van der Waals surface area contributed by atoms with Crippen LogP contribution in [0.25, 0.3) is 38.9 Å². The number of aromatic nitrogens is 4. The van der Waals surface area contributed by atoms with E-state index in [1.165, 1.54) is 4.90 Å². The van der Waals surface area contributed by atoms with Crippen molar-refractivity contribution in [2.24, 2.45) is 0 Å². The average molecular weight is 591 g/mol. The van der Waals surface area contributed by atoms with Crippen LogP contribution in [0.1, 0.15) is 17.4 Å². The van der Waals surface area contributed by atoms with Crippen LogP contribution < -0.4 is 15.5 Å². The van der Waals surface area contributed by atoms with Crippen LogP contribution in [0, 0.1) is 0 Å². The molecule has 0 aliphatic carbocycles. The minimum absolute atomic E-state index is 0.233. The van der Waals surface area contributed by atoms with E-state index < -0.39 is 12.1 Å². The van der Waals surface area contributed by atoms with Crippen molar-refractivity contribution in [2.75, 3.05) is 57.3 Å². The molecule has 224 valence electrons. The van der Waals surface area contributed by atoms with E-state index >= 15 is 0 Å². The third-order valence-corrected chi connectivity index (χ3v) is 8.36. The second-order valence-electron chi connectivity index (χ2n) is 11.0. The molecule has 1 unspecified atom stereocenters. The van der Waals surface area contributed by atoms with E-state index in [9.17, 15) is 9.59 Å². The maximum absolute atomic E-state index is 14.4. The maximum Gasteiger partial charge on any atom is 0.410 e. The van der Waals surface area contributed by atoms with Gasteiger partial charge in [0.2, 0.25) is 5.78 Å².